The van der Waals surface area contributed by atoms with E-state index in [1.807, 2.05) is 25.1 Å². The van der Waals surface area contributed by atoms with Gasteiger partial charge in [-0.3, -0.25) is 4.79 Å². The maximum atomic E-state index is 11.8. The standard InChI is InChI=1S/C16H13IN2O2/c1-11(13-4-2-12(10-18)3-5-13)19-16(20)9-7-14-6-8-15(17)21-14/h2-9,11H,1H3,(H,19,20)/b9-7+. The summed E-state index contributed by atoms with van der Waals surface area (Å²) in [4.78, 5) is 11.8. The normalized spacial score (nSPS) is 12.0. The van der Waals surface area contributed by atoms with Gasteiger partial charge in [-0.1, -0.05) is 12.1 Å². The smallest absolute Gasteiger partial charge is 0.244 e. The fourth-order valence-electron chi connectivity index (χ4n) is 1.77. The van der Waals surface area contributed by atoms with Gasteiger partial charge in [0.2, 0.25) is 5.91 Å². The van der Waals surface area contributed by atoms with Crippen LogP contribution in [0.5, 0.6) is 0 Å². The highest BCUT2D eigenvalue weighted by molar-refractivity contribution is 14.1. The van der Waals surface area contributed by atoms with Crippen LogP contribution in [-0.2, 0) is 4.79 Å². The maximum Gasteiger partial charge on any atom is 0.244 e. The van der Waals surface area contributed by atoms with Crippen LogP contribution in [0.1, 0.15) is 29.9 Å². The summed E-state index contributed by atoms with van der Waals surface area (Å²) >= 11 is 2.07. The van der Waals surface area contributed by atoms with Crippen LogP contribution in [0.2, 0.25) is 0 Å². The third-order valence-electron chi connectivity index (χ3n) is 2.89. The van der Waals surface area contributed by atoms with Crippen molar-refractivity contribution in [3.63, 3.8) is 0 Å². The van der Waals surface area contributed by atoms with Crippen molar-refractivity contribution in [3.8, 4) is 6.07 Å². The third kappa shape index (κ3) is 4.46. The molecule has 1 atom stereocenters. The molecule has 0 aliphatic heterocycles. The van der Waals surface area contributed by atoms with E-state index in [0.29, 0.717) is 11.3 Å². The number of amides is 1. The van der Waals surface area contributed by atoms with Crippen LogP contribution in [0.25, 0.3) is 6.08 Å². The first-order valence-electron chi connectivity index (χ1n) is 6.32. The average Bonchev–Trinajstić information content (AvgIpc) is 2.91. The zero-order valence-electron chi connectivity index (χ0n) is 11.3. The van der Waals surface area contributed by atoms with Crippen molar-refractivity contribution >= 4 is 34.6 Å². The Hall–Kier alpha value is -2.07. The summed E-state index contributed by atoms with van der Waals surface area (Å²) in [7, 11) is 0. The monoisotopic (exact) mass is 392 g/mol. The minimum absolute atomic E-state index is 0.133. The van der Waals surface area contributed by atoms with E-state index in [9.17, 15) is 4.79 Å². The maximum absolute atomic E-state index is 11.8. The van der Waals surface area contributed by atoms with E-state index >= 15 is 0 Å². The molecule has 0 saturated heterocycles. The molecule has 1 N–H and O–H groups in total. The molecule has 5 heteroatoms. The number of benzene rings is 1. The summed E-state index contributed by atoms with van der Waals surface area (Å²) in [6, 6.07) is 12.7. The molecule has 2 rings (SSSR count). The van der Waals surface area contributed by atoms with Crippen LogP contribution in [0.3, 0.4) is 0 Å². The van der Waals surface area contributed by atoms with Crippen LogP contribution in [0, 0.1) is 15.1 Å². The number of furan rings is 1. The van der Waals surface area contributed by atoms with Crippen molar-refractivity contribution in [2.75, 3.05) is 0 Å². The fourth-order valence-corrected chi connectivity index (χ4v) is 2.20. The molecular formula is C16H13IN2O2. The number of hydrogen-bond acceptors (Lipinski definition) is 3. The lowest BCUT2D eigenvalue weighted by Crippen LogP contribution is -2.24. The molecule has 21 heavy (non-hydrogen) atoms. The molecule has 106 valence electrons. The Balaban J connectivity index is 1.95. The molecule has 0 radical (unpaired) electrons. The van der Waals surface area contributed by atoms with Gasteiger partial charge in [0, 0.05) is 6.08 Å². The number of nitrogens with one attached hydrogen (secondary N) is 1. The van der Waals surface area contributed by atoms with Gasteiger partial charge in [-0.2, -0.15) is 5.26 Å². The SMILES string of the molecule is CC(NC(=O)/C=C/c1ccc(I)o1)c1ccc(C#N)cc1. The van der Waals surface area contributed by atoms with Gasteiger partial charge in [0.1, 0.15) is 5.76 Å². The molecule has 1 heterocycles. The highest BCUT2D eigenvalue weighted by atomic mass is 127. The lowest BCUT2D eigenvalue weighted by molar-refractivity contribution is -0.117. The zero-order valence-corrected chi connectivity index (χ0v) is 13.5. The van der Waals surface area contributed by atoms with Gasteiger partial charge < -0.3 is 9.73 Å². The van der Waals surface area contributed by atoms with E-state index in [-0.39, 0.29) is 11.9 Å². The van der Waals surface area contributed by atoms with Crippen molar-refractivity contribution in [1.82, 2.24) is 5.32 Å². The molecular weight excluding hydrogens is 379 g/mol. The van der Waals surface area contributed by atoms with E-state index in [4.69, 9.17) is 9.68 Å². The second-order valence-electron chi connectivity index (χ2n) is 4.44. The summed E-state index contributed by atoms with van der Waals surface area (Å²) in [5.74, 6) is 0.443. The first-order valence-corrected chi connectivity index (χ1v) is 7.40. The quantitative estimate of drug-likeness (QED) is 0.638. The molecule has 1 amide bonds. The number of carbonyl (C=O) groups excluding carboxylic acids is 1. The number of nitriles is 1. The first kappa shape index (κ1) is 15.3. The number of halogens is 1. The largest absolute Gasteiger partial charge is 0.451 e. The van der Waals surface area contributed by atoms with Gasteiger partial charge in [0.05, 0.1) is 17.7 Å². The van der Waals surface area contributed by atoms with Crippen LogP contribution < -0.4 is 5.32 Å². The van der Waals surface area contributed by atoms with E-state index in [0.717, 1.165) is 9.33 Å². The molecule has 0 aliphatic carbocycles. The molecule has 1 aromatic carbocycles. The van der Waals surface area contributed by atoms with Gasteiger partial charge in [-0.25, -0.2) is 0 Å². The van der Waals surface area contributed by atoms with Gasteiger partial charge in [0.15, 0.2) is 3.77 Å². The van der Waals surface area contributed by atoms with Crippen molar-refractivity contribution in [2.45, 2.75) is 13.0 Å². The number of carbonyl (C=O) groups is 1. The van der Waals surface area contributed by atoms with Crippen LogP contribution >= 0.6 is 22.6 Å². The van der Waals surface area contributed by atoms with Crippen LogP contribution in [0.15, 0.2) is 46.9 Å². The van der Waals surface area contributed by atoms with Gasteiger partial charge in [0.25, 0.3) is 0 Å². The lowest BCUT2D eigenvalue weighted by atomic mass is 10.1. The molecule has 0 aliphatic rings. The van der Waals surface area contributed by atoms with E-state index < -0.39 is 0 Å². The lowest BCUT2D eigenvalue weighted by Gasteiger charge is -2.12. The third-order valence-corrected chi connectivity index (χ3v) is 3.47. The highest BCUT2D eigenvalue weighted by Gasteiger charge is 2.07. The number of rotatable bonds is 4. The van der Waals surface area contributed by atoms with Crippen molar-refractivity contribution in [2.24, 2.45) is 0 Å². The molecule has 2 aromatic rings. The topological polar surface area (TPSA) is 66.0 Å². The van der Waals surface area contributed by atoms with Crippen LogP contribution in [-0.4, -0.2) is 5.91 Å². The van der Waals surface area contributed by atoms with Crippen molar-refractivity contribution in [3.05, 3.63) is 63.1 Å². The van der Waals surface area contributed by atoms with Gasteiger partial charge in [-0.05, 0) is 65.4 Å². The zero-order chi connectivity index (χ0) is 15.2. The molecule has 4 nitrogen and oxygen atoms in total. The molecule has 0 spiro atoms. The Labute approximate surface area is 136 Å². The minimum Gasteiger partial charge on any atom is -0.451 e. The van der Waals surface area contributed by atoms with Crippen LogP contribution in [0.4, 0.5) is 0 Å². The molecule has 0 bridgehead atoms. The number of nitrogens with zero attached hydrogens (tertiary/aromatic N) is 1. The second kappa shape index (κ2) is 7.09. The summed E-state index contributed by atoms with van der Waals surface area (Å²) < 4.78 is 6.11. The van der Waals surface area contributed by atoms with E-state index in [1.165, 1.54) is 6.08 Å². The Bertz CT molecular complexity index is 696. The van der Waals surface area contributed by atoms with Crippen molar-refractivity contribution in [1.29, 1.82) is 5.26 Å². The Morgan fingerprint density at radius 2 is 2.05 bits per heavy atom. The summed E-state index contributed by atoms with van der Waals surface area (Å²) in [6.07, 6.45) is 3.07. The number of hydrogen-bond donors (Lipinski definition) is 1. The summed E-state index contributed by atoms with van der Waals surface area (Å²) in [5, 5.41) is 11.6. The van der Waals surface area contributed by atoms with Crippen molar-refractivity contribution < 1.29 is 9.21 Å². The molecule has 0 fully saturated rings. The van der Waals surface area contributed by atoms with E-state index in [2.05, 4.69) is 34.0 Å². The van der Waals surface area contributed by atoms with Gasteiger partial charge >= 0.3 is 0 Å². The predicted octanol–water partition coefficient (Wildman–Crippen LogP) is 3.65. The predicted molar refractivity (Wildman–Crippen MR) is 88.2 cm³/mol. The Morgan fingerprint density at radius 1 is 1.33 bits per heavy atom. The molecule has 1 aromatic heterocycles. The Morgan fingerprint density at radius 3 is 2.62 bits per heavy atom. The van der Waals surface area contributed by atoms with Gasteiger partial charge in [-0.15, -0.1) is 0 Å². The first-order chi connectivity index (χ1) is 10.1. The summed E-state index contributed by atoms with van der Waals surface area (Å²) in [6.45, 7) is 1.89. The average molecular weight is 392 g/mol. The van der Waals surface area contributed by atoms with E-state index in [1.54, 1.807) is 24.3 Å². The molecule has 0 saturated carbocycles. The highest BCUT2D eigenvalue weighted by Crippen LogP contribution is 2.14. The summed E-state index contributed by atoms with van der Waals surface area (Å²) in [5.41, 5.74) is 1.55. The minimum atomic E-state index is -0.196. The second-order valence-corrected chi connectivity index (χ2v) is 5.50. The Kier molecular flexibility index (Phi) is 5.17. The molecule has 1 unspecified atom stereocenters. The fraction of sp³-hybridized carbons (Fsp3) is 0.125.